The first-order chi connectivity index (χ1) is 16.1. The summed E-state index contributed by atoms with van der Waals surface area (Å²) in [4.78, 5) is 21.2. The number of hydrogen-bond acceptors (Lipinski definition) is 4. The molecule has 2 aromatic carbocycles. The molecule has 0 atom stereocenters. The van der Waals surface area contributed by atoms with Crippen molar-refractivity contribution in [3.05, 3.63) is 71.9 Å². The fourth-order valence-corrected chi connectivity index (χ4v) is 4.34. The van der Waals surface area contributed by atoms with E-state index in [2.05, 4.69) is 41.1 Å². The standard InChI is InChI=1S/C15H21N3O.C13H15N/c16-14-5-3-13(4-6-14)15(19)18-9-7-17(8-10-18)11-12-1-2-12;1-2-3-6-11-7-4-8-12-9-5-10-14-13(11)12/h3-6,12H,1-2,7-11,16H2;4-5,7-10H,2-3,6H2,1H3. The number of amides is 1. The van der Waals surface area contributed by atoms with Gasteiger partial charge < -0.3 is 10.6 Å². The van der Waals surface area contributed by atoms with E-state index in [-0.39, 0.29) is 5.91 Å². The highest BCUT2D eigenvalue weighted by Crippen LogP contribution is 2.30. The van der Waals surface area contributed by atoms with Crippen molar-refractivity contribution >= 4 is 22.5 Å². The number of aryl methyl sites for hydroxylation is 1. The van der Waals surface area contributed by atoms with Crippen LogP contribution >= 0.6 is 0 Å². The van der Waals surface area contributed by atoms with Crippen LogP contribution in [0.25, 0.3) is 10.9 Å². The minimum Gasteiger partial charge on any atom is -0.399 e. The summed E-state index contributed by atoms with van der Waals surface area (Å²) in [6.07, 6.45) is 8.29. The van der Waals surface area contributed by atoms with Gasteiger partial charge in [-0.15, -0.1) is 0 Å². The number of carbonyl (C=O) groups is 1. The molecule has 3 aromatic rings. The summed E-state index contributed by atoms with van der Waals surface area (Å²) in [5, 5.41) is 1.25. The number of pyridine rings is 1. The number of nitrogens with two attached hydrogens (primary N) is 1. The third kappa shape index (κ3) is 6.55. The van der Waals surface area contributed by atoms with Crippen LogP contribution in [0.1, 0.15) is 48.5 Å². The normalized spacial score (nSPS) is 16.3. The summed E-state index contributed by atoms with van der Waals surface area (Å²) in [7, 11) is 0. The van der Waals surface area contributed by atoms with Crippen LogP contribution in [0.2, 0.25) is 0 Å². The van der Waals surface area contributed by atoms with Crippen LogP contribution in [-0.4, -0.2) is 53.4 Å². The molecule has 0 radical (unpaired) electrons. The number of hydrogen-bond donors (Lipinski definition) is 1. The van der Waals surface area contributed by atoms with E-state index in [0.717, 1.165) is 44.1 Å². The fraction of sp³-hybridized carbons (Fsp3) is 0.429. The van der Waals surface area contributed by atoms with Gasteiger partial charge in [-0.3, -0.25) is 14.7 Å². The van der Waals surface area contributed by atoms with Crippen LogP contribution < -0.4 is 5.73 Å². The Morgan fingerprint density at radius 2 is 1.73 bits per heavy atom. The Labute approximate surface area is 197 Å². The average Bonchev–Trinajstić information content (AvgIpc) is 3.68. The van der Waals surface area contributed by atoms with Gasteiger partial charge >= 0.3 is 0 Å². The number of carbonyl (C=O) groups excluding carboxylic acids is 1. The van der Waals surface area contributed by atoms with Crippen LogP contribution in [-0.2, 0) is 6.42 Å². The Balaban J connectivity index is 0.000000165. The minimum atomic E-state index is 0.131. The molecule has 0 bridgehead atoms. The van der Waals surface area contributed by atoms with Crippen LogP contribution in [0, 0.1) is 5.92 Å². The molecule has 1 aliphatic carbocycles. The van der Waals surface area contributed by atoms with E-state index < -0.39 is 0 Å². The van der Waals surface area contributed by atoms with E-state index in [1.807, 2.05) is 29.3 Å². The van der Waals surface area contributed by atoms with Crippen molar-refractivity contribution in [1.29, 1.82) is 0 Å². The molecule has 174 valence electrons. The maximum Gasteiger partial charge on any atom is 0.253 e. The van der Waals surface area contributed by atoms with E-state index in [9.17, 15) is 4.79 Å². The first kappa shape index (κ1) is 23.2. The van der Waals surface area contributed by atoms with Crippen molar-refractivity contribution in [3.63, 3.8) is 0 Å². The number of aromatic nitrogens is 1. The molecule has 2 heterocycles. The largest absolute Gasteiger partial charge is 0.399 e. The lowest BCUT2D eigenvalue weighted by molar-refractivity contribution is 0.0632. The summed E-state index contributed by atoms with van der Waals surface area (Å²) in [5.41, 5.74) is 9.63. The predicted octanol–water partition coefficient (Wildman–Crippen LogP) is 5.01. The number of unbranched alkanes of at least 4 members (excludes halogenated alkanes) is 1. The number of para-hydroxylation sites is 1. The van der Waals surface area contributed by atoms with Crippen LogP contribution in [0.15, 0.2) is 60.8 Å². The van der Waals surface area contributed by atoms with Gasteiger partial charge in [-0.05, 0) is 67.5 Å². The Hall–Kier alpha value is -2.92. The second-order valence-corrected chi connectivity index (χ2v) is 9.25. The second-order valence-electron chi connectivity index (χ2n) is 9.25. The van der Waals surface area contributed by atoms with E-state index >= 15 is 0 Å². The van der Waals surface area contributed by atoms with Crippen molar-refractivity contribution in [2.75, 3.05) is 38.5 Å². The second kappa shape index (κ2) is 11.3. The number of nitrogens with zero attached hydrogens (tertiary/aromatic N) is 3. The summed E-state index contributed by atoms with van der Waals surface area (Å²) < 4.78 is 0. The van der Waals surface area contributed by atoms with Gasteiger partial charge in [-0.2, -0.15) is 0 Å². The lowest BCUT2D eigenvalue weighted by Gasteiger charge is -2.34. The highest BCUT2D eigenvalue weighted by atomic mass is 16.2. The van der Waals surface area contributed by atoms with Gasteiger partial charge in [-0.25, -0.2) is 0 Å². The Morgan fingerprint density at radius 1 is 1.00 bits per heavy atom. The molecule has 0 unspecified atom stereocenters. The van der Waals surface area contributed by atoms with E-state index in [0.29, 0.717) is 5.69 Å². The summed E-state index contributed by atoms with van der Waals surface area (Å²) in [6, 6.07) is 17.7. The monoisotopic (exact) mass is 444 g/mol. The van der Waals surface area contributed by atoms with Crippen LogP contribution in [0.5, 0.6) is 0 Å². The van der Waals surface area contributed by atoms with E-state index in [1.165, 1.54) is 48.7 Å². The molecular weight excluding hydrogens is 408 g/mol. The zero-order valence-electron chi connectivity index (χ0n) is 19.7. The lowest BCUT2D eigenvalue weighted by atomic mass is 10.0. The molecule has 5 rings (SSSR count). The number of fused-ring (bicyclic) bond motifs is 1. The van der Waals surface area contributed by atoms with Crippen LogP contribution in [0.4, 0.5) is 5.69 Å². The Bertz CT molecular complexity index is 1030. The highest BCUT2D eigenvalue weighted by Gasteiger charge is 2.27. The van der Waals surface area contributed by atoms with Gasteiger partial charge in [-0.1, -0.05) is 37.6 Å². The number of anilines is 1. The van der Waals surface area contributed by atoms with Crippen molar-refractivity contribution in [2.24, 2.45) is 5.92 Å². The van der Waals surface area contributed by atoms with Gasteiger partial charge in [0.25, 0.3) is 5.91 Å². The first-order valence-electron chi connectivity index (χ1n) is 12.3. The van der Waals surface area contributed by atoms with E-state index in [1.54, 1.807) is 12.1 Å². The molecule has 5 nitrogen and oxygen atoms in total. The molecule has 1 saturated carbocycles. The zero-order valence-corrected chi connectivity index (χ0v) is 19.7. The molecule has 1 aromatic heterocycles. The SMILES string of the molecule is CCCCc1cccc2cccnc12.Nc1ccc(C(=O)N2CCN(CC3CC3)CC2)cc1. The maximum absolute atomic E-state index is 12.3. The van der Waals surface area contributed by atoms with Gasteiger partial charge in [0.2, 0.25) is 0 Å². The van der Waals surface area contributed by atoms with Gasteiger partial charge in [0, 0.05) is 55.6 Å². The van der Waals surface area contributed by atoms with Gasteiger partial charge in [0.1, 0.15) is 0 Å². The average molecular weight is 445 g/mol. The molecule has 2 N–H and O–H groups in total. The molecule has 5 heteroatoms. The highest BCUT2D eigenvalue weighted by molar-refractivity contribution is 5.94. The molecule has 0 spiro atoms. The maximum atomic E-state index is 12.3. The molecule has 2 fully saturated rings. The number of rotatable bonds is 6. The van der Waals surface area contributed by atoms with Crippen molar-refractivity contribution in [1.82, 2.24) is 14.8 Å². The number of nitrogen functional groups attached to an aromatic ring is 1. The molecule has 1 aliphatic heterocycles. The molecule has 33 heavy (non-hydrogen) atoms. The third-order valence-corrected chi connectivity index (χ3v) is 6.55. The molecular formula is C28H36N4O. The first-order valence-corrected chi connectivity index (χ1v) is 12.3. The number of piperazine rings is 1. The molecule has 2 aliphatic rings. The minimum absolute atomic E-state index is 0.131. The Morgan fingerprint density at radius 3 is 2.42 bits per heavy atom. The quantitative estimate of drug-likeness (QED) is 0.543. The lowest BCUT2D eigenvalue weighted by Crippen LogP contribution is -2.49. The fourth-order valence-electron chi connectivity index (χ4n) is 4.34. The number of benzene rings is 2. The zero-order chi connectivity index (χ0) is 23.0. The molecule has 1 amide bonds. The predicted molar refractivity (Wildman–Crippen MR) is 136 cm³/mol. The third-order valence-electron chi connectivity index (χ3n) is 6.55. The van der Waals surface area contributed by atoms with Crippen molar-refractivity contribution < 1.29 is 4.79 Å². The summed E-state index contributed by atoms with van der Waals surface area (Å²) in [5.74, 6) is 1.06. The molecule has 1 saturated heterocycles. The van der Waals surface area contributed by atoms with Crippen molar-refractivity contribution in [3.8, 4) is 0 Å². The van der Waals surface area contributed by atoms with Gasteiger partial charge in [0.15, 0.2) is 0 Å². The summed E-state index contributed by atoms with van der Waals surface area (Å²) in [6.45, 7) is 7.16. The topological polar surface area (TPSA) is 62.5 Å². The van der Waals surface area contributed by atoms with E-state index in [4.69, 9.17) is 5.73 Å². The van der Waals surface area contributed by atoms with Crippen molar-refractivity contribution in [2.45, 2.75) is 39.0 Å². The summed E-state index contributed by atoms with van der Waals surface area (Å²) >= 11 is 0. The smallest absolute Gasteiger partial charge is 0.253 e. The van der Waals surface area contributed by atoms with Gasteiger partial charge in [0.05, 0.1) is 5.52 Å². The van der Waals surface area contributed by atoms with Crippen LogP contribution in [0.3, 0.4) is 0 Å². The Kier molecular flexibility index (Phi) is 7.95.